The van der Waals surface area contributed by atoms with Crippen LogP contribution in [0.3, 0.4) is 0 Å². The number of hydrogen-bond donors (Lipinski definition) is 1. The Morgan fingerprint density at radius 3 is 2.74 bits per heavy atom. The molecular formula is C22H21N3O2. The smallest absolute Gasteiger partial charge is 0.251 e. The summed E-state index contributed by atoms with van der Waals surface area (Å²) in [4.78, 5) is 28.3. The molecule has 0 spiro atoms. The zero-order valence-electron chi connectivity index (χ0n) is 15.5. The van der Waals surface area contributed by atoms with Crippen LogP contribution in [0.25, 0.3) is 11.1 Å². The first-order chi connectivity index (χ1) is 13.0. The first-order valence-corrected chi connectivity index (χ1v) is 9.06. The minimum Gasteiger partial charge on any atom is -0.326 e. The van der Waals surface area contributed by atoms with Crippen molar-refractivity contribution in [2.45, 2.75) is 33.2 Å². The predicted molar refractivity (Wildman–Crippen MR) is 106 cm³/mol. The summed E-state index contributed by atoms with van der Waals surface area (Å²) in [5.41, 5.74) is 7.06. The molecule has 3 heterocycles. The topological polar surface area (TPSA) is 64.0 Å². The number of anilines is 1. The van der Waals surface area contributed by atoms with Crippen molar-refractivity contribution in [1.29, 1.82) is 0 Å². The fraction of sp³-hybridized carbons (Fsp3) is 0.227. The van der Waals surface area contributed by atoms with Gasteiger partial charge in [-0.05, 0) is 54.7 Å². The molecule has 1 N–H and O–H groups in total. The van der Waals surface area contributed by atoms with Gasteiger partial charge >= 0.3 is 0 Å². The number of carbonyl (C=O) groups excluding carboxylic acids is 1. The summed E-state index contributed by atoms with van der Waals surface area (Å²) in [6, 6.07) is 11.4. The van der Waals surface area contributed by atoms with Crippen LogP contribution < -0.4 is 10.9 Å². The van der Waals surface area contributed by atoms with E-state index >= 15 is 0 Å². The number of pyridine rings is 2. The van der Waals surface area contributed by atoms with E-state index in [2.05, 4.69) is 22.4 Å². The molecule has 0 fully saturated rings. The quantitative estimate of drug-likeness (QED) is 0.779. The number of fused-ring (bicyclic) bond motifs is 1. The van der Waals surface area contributed by atoms with Crippen molar-refractivity contribution in [1.82, 2.24) is 9.55 Å². The monoisotopic (exact) mass is 359 g/mol. The maximum Gasteiger partial charge on any atom is 0.251 e. The van der Waals surface area contributed by atoms with Crippen molar-refractivity contribution in [2.24, 2.45) is 0 Å². The summed E-state index contributed by atoms with van der Waals surface area (Å²) in [5.74, 6) is 0.0576. The van der Waals surface area contributed by atoms with Crippen LogP contribution in [0.1, 0.15) is 28.8 Å². The number of carbonyl (C=O) groups is 1. The first-order valence-electron chi connectivity index (χ1n) is 9.06. The van der Waals surface area contributed by atoms with Crippen molar-refractivity contribution in [3.05, 3.63) is 81.5 Å². The molecular weight excluding hydrogens is 338 g/mol. The molecule has 4 rings (SSSR count). The van der Waals surface area contributed by atoms with Crippen LogP contribution in [-0.2, 0) is 17.8 Å². The Balaban J connectivity index is 1.74. The molecule has 1 amide bonds. The van der Waals surface area contributed by atoms with Crippen LogP contribution in [-0.4, -0.2) is 15.5 Å². The molecule has 3 aromatic rings. The minimum absolute atomic E-state index is 0.0173. The number of nitrogens with one attached hydrogen (secondary N) is 1. The van der Waals surface area contributed by atoms with Gasteiger partial charge in [0, 0.05) is 41.8 Å². The maximum absolute atomic E-state index is 12.2. The normalized spacial score (nSPS) is 13.2. The second-order valence-corrected chi connectivity index (χ2v) is 6.98. The van der Waals surface area contributed by atoms with Crippen molar-refractivity contribution in [3.8, 4) is 11.1 Å². The van der Waals surface area contributed by atoms with Crippen LogP contribution in [0.4, 0.5) is 5.69 Å². The van der Waals surface area contributed by atoms with Crippen LogP contribution in [0.15, 0.2) is 53.6 Å². The third kappa shape index (κ3) is 3.28. The molecule has 5 nitrogen and oxygen atoms in total. The molecule has 1 aliphatic heterocycles. The van der Waals surface area contributed by atoms with Crippen molar-refractivity contribution >= 4 is 11.6 Å². The van der Waals surface area contributed by atoms with Crippen molar-refractivity contribution < 1.29 is 4.79 Å². The van der Waals surface area contributed by atoms with Crippen LogP contribution in [0.5, 0.6) is 0 Å². The number of aromatic nitrogens is 2. The Morgan fingerprint density at radius 2 is 1.93 bits per heavy atom. The van der Waals surface area contributed by atoms with E-state index in [0.717, 1.165) is 45.6 Å². The molecule has 27 heavy (non-hydrogen) atoms. The molecule has 0 bridgehead atoms. The fourth-order valence-electron chi connectivity index (χ4n) is 3.55. The summed E-state index contributed by atoms with van der Waals surface area (Å²) >= 11 is 0. The van der Waals surface area contributed by atoms with Crippen LogP contribution in [0.2, 0.25) is 0 Å². The number of rotatable bonds is 3. The largest absolute Gasteiger partial charge is 0.326 e. The van der Waals surface area contributed by atoms with Gasteiger partial charge in [-0.15, -0.1) is 0 Å². The molecule has 2 aromatic heterocycles. The van der Waals surface area contributed by atoms with Gasteiger partial charge in [0.1, 0.15) is 0 Å². The number of benzene rings is 1. The van der Waals surface area contributed by atoms with Crippen LogP contribution >= 0.6 is 0 Å². The highest BCUT2D eigenvalue weighted by Crippen LogP contribution is 2.31. The second kappa shape index (κ2) is 6.83. The minimum atomic E-state index is -0.0173. The second-order valence-electron chi connectivity index (χ2n) is 6.98. The summed E-state index contributed by atoms with van der Waals surface area (Å²) in [5, 5.41) is 2.95. The van der Waals surface area contributed by atoms with Crippen molar-refractivity contribution in [2.75, 3.05) is 5.32 Å². The summed E-state index contributed by atoms with van der Waals surface area (Å²) < 4.78 is 1.75. The SMILES string of the molecule is Cc1c(Cn2c(C)cccc2=O)cncc1-c1ccc2c(c1)NC(=O)CC2. The average molecular weight is 359 g/mol. The van der Waals surface area contributed by atoms with Gasteiger partial charge in [0.15, 0.2) is 0 Å². The lowest BCUT2D eigenvalue weighted by molar-refractivity contribution is -0.116. The Morgan fingerprint density at radius 1 is 1.07 bits per heavy atom. The lowest BCUT2D eigenvalue weighted by Gasteiger charge is -2.19. The molecule has 1 aliphatic rings. The van der Waals surface area contributed by atoms with E-state index in [-0.39, 0.29) is 11.5 Å². The van der Waals surface area contributed by atoms with Gasteiger partial charge in [-0.3, -0.25) is 14.6 Å². The summed E-state index contributed by atoms with van der Waals surface area (Å²) in [6.45, 7) is 4.47. The lowest BCUT2D eigenvalue weighted by atomic mass is 9.95. The molecule has 0 saturated heterocycles. The van der Waals surface area contributed by atoms with Gasteiger partial charge in [-0.25, -0.2) is 0 Å². The molecule has 0 saturated carbocycles. The number of amides is 1. The zero-order chi connectivity index (χ0) is 19.0. The molecule has 0 radical (unpaired) electrons. The van der Waals surface area contributed by atoms with E-state index in [1.165, 1.54) is 0 Å². The predicted octanol–water partition coefficient (Wildman–Crippen LogP) is 3.46. The highest BCUT2D eigenvalue weighted by molar-refractivity contribution is 5.94. The van der Waals surface area contributed by atoms with Gasteiger partial charge in [0.05, 0.1) is 6.54 Å². The van der Waals surface area contributed by atoms with Gasteiger partial charge in [0.2, 0.25) is 5.91 Å². The lowest BCUT2D eigenvalue weighted by Crippen LogP contribution is -2.22. The highest BCUT2D eigenvalue weighted by atomic mass is 16.1. The molecule has 5 heteroatoms. The molecule has 0 atom stereocenters. The van der Waals surface area contributed by atoms with Gasteiger partial charge in [-0.2, -0.15) is 0 Å². The summed E-state index contributed by atoms with van der Waals surface area (Å²) in [6.07, 6.45) is 4.96. The third-order valence-corrected chi connectivity index (χ3v) is 5.23. The number of nitrogens with zero attached hydrogens (tertiary/aromatic N) is 2. The van der Waals surface area contributed by atoms with Gasteiger partial charge in [-0.1, -0.05) is 18.2 Å². The van der Waals surface area contributed by atoms with Gasteiger partial charge in [0.25, 0.3) is 5.56 Å². The fourth-order valence-corrected chi connectivity index (χ4v) is 3.55. The van der Waals surface area contributed by atoms with Crippen molar-refractivity contribution in [3.63, 3.8) is 0 Å². The van der Waals surface area contributed by atoms with E-state index in [1.54, 1.807) is 16.7 Å². The van der Waals surface area contributed by atoms with E-state index in [0.29, 0.717) is 13.0 Å². The molecule has 136 valence electrons. The Hall–Kier alpha value is -3.21. The first kappa shape index (κ1) is 17.2. The third-order valence-electron chi connectivity index (χ3n) is 5.23. The highest BCUT2D eigenvalue weighted by Gasteiger charge is 2.16. The van der Waals surface area contributed by atoms with E-state index < -0.39 is 0 Å². The average Bonchev–Trinajstić information content (AvgIpc) is 2.65. The Bertz CT molecular complexity index is 1100. The zero-order valence-corrected chi connectivity index (χ0v) is 15.5. The molecule has 0 aliphatic carbocycles. The maximum atomic E-state index is 12.2. The Labute approximate surface area is 157 Å². The standard InChI is InChI=1S/C22H21N3O2/c1-14-4-3-5-22(27)25(14)13-18-11-23-12-19(15(18)2)17-7-6-16-8-9-21(26)24-20(16)10-17/h3-7,10-12H,8-9,13H2,1-2H3,(H,24,26). The number of aryl methyl sites for hydroxylation is 2. The Kier molecular flexibility index (Phi) is 4.36. The molecule has 1 aromatic carbocycles. The molecule has 0 unspecified atom stereocenters. The van der Waals surface area contributed by atoms with E-state index in [4.69, 9.17) is 0 Å². The van der Waals surface area contributed by atoms with E-state index in [1.807, 2.05) is 38.4 Å². The number of hydrogen-bond acceptors (Lipinski definition) is 3. The van der Waals surface area contributed by atoms with Crippen LogP contribution in [0, 0.1) is 13.8 Å². The summed E-state index contributed by atoms with van der Waals surface area (Å²) in [7, 11) is 0. The van der Waals surface area contributed by atoms with Gasteiger partial charge < -0.3 is 9.88 Å². The van der Waals surface area contributed by atoms with E-state index in [9.17, 15) is 9.59 Å².